The molecule has 3 aromatic carbocycles. The Kier molecular flexibility index (Phi) is 7.88. The average molecular weight is 566 g/mol. The van der Waals surface area contributed by atoms with E-state index in [1.165, 1.54) is 47.6 Å². The number of hydrogen-bond acceptors (Lipinski definition) is 5. The summed E-state index contributed by atoms with van der Waals surface area (Å²) in [5.41, 5.74) is 0.181. The highest BCUT2D eigenvalue weighted by Gasteiger charge is 2.27. The van der Waals surface area contributed by atoms with E-state index in [4.69, 9.17) is 11.6 Å². The van der Waals surface area contributed by atoms with Gasteiger partial charge >= 0.3 is 0 Å². The number of piperidine rings is 1. The van der Waals surface area contributed by atoms with Crippen molar-refractivity contribution >= 4 is 48.9 Å². The third kappa shape index (κ3) is 5.96. The summed E-state index contributed by atoms with van der Waals surface area (Å²) in [6, 6.07) is 13.3. The molecule has 2 N–H and O–H groups in total. The quantitative estimate of drug-likeness (QED) is 0.418. The molecule has 1 saturated heterocycles. The third-order valence-electron chi connectivity index (χ3n) is 5.99. The maximum Gasteiger partial charge on any atom is 0.261 e. The first-order valence-electron chi connectivity index (χ1n) is 11.5. The molecule has 3 aromatic rings. The number of nitrogens with one attached hydrogen (secondary N) is 2. The molecule has 0 atom stereocenters. The van der Waals surface area contributed by atoms with Gasteiger partial charge in [0.25, 0.3) is 15.9 Å². The molecular formula is C25H25ClFN3O5S2. The Morgan fingerprint density at radius 2 is 1.57 bits per heavy atom. The van der Waals surface area contributed by atoms with E-state index in [0.717, 1.165) is 31.4 Å². The number of benzene rings is 3. The van der Waals surface area contributed by atoms with Crippen molar-refractivity contribution in [3.05, 3.63) is 82.6 Å². The zero-order valence-electron chi connectivity index (χ0n) is 19.9. The van der Waals surface area contributed by atoms with E-state index in [0.29, 0.717) is 13.1 Å². The summed E-state index contributed by atoms with van der Waals surface area (Å²) in [5, 5.41) is 2.70. The highest BCUT2D eigenvalue weighted by molar-refractivity contribution is 7.92. The van der Waals surface area contributed by atoms with Gasteiger partial charge in [0, 0.05) is 13.1 Å². The number of amides is 1. The number of para-hydroxylation sites is 1. The maximum absolute atomic E-state index is 13.6. The monoisotopic (exact) mass is 565 g/mol. The molecule has 37 heavy (non-hydrogen) atoms. The lowest BCUT2D eigenvalue weighted by atomic mass is 10.1. The fraction of sp³-hybridized carbons (Fsp3) is 0.240. The number of sulfonamides is 2. The van der Waals surface area contributed by atoms with Crippen LogP contribution in [-0.4, -0.2) is 40.1 Å². The molecule has 0 radical (unpaired) electrons. The van der Waals surface area contributed by atoms with Crippen molar-refractivity contribution in [3.63, 3.8) is 0 Å². The molecule has 1 fully saturated rings. The van der Waals surface area contributed by atoms with Gasteiger partial charge in [-0.2, -0.15) is 4.31 Å². The third-order valence-corrected chi connectivity index (χ3v) is 9.58. The Balaban J connectivity index is 1.60. The van der Waals surface area contributed by atoms with E-state index in [1.54, 1.807) is 12.1 Å². The summed E-state index contributed by atoms with van der Waals surface area (Å²) in [7, 11) is -7.90. The molecule has 1 heterocycles. The first kappa shape index (κ1) is 27.1. The topological polar surface area (TPSA) is 113 Å². The lowest BCUT2D eigenvalue weighted by Crippen LogP contribution is -2.35. The van der Waals surface area contributed by atoms with Crippen LogP contribution in [0.4, 0.5) is 15.8 Å². The predicted octanol–water partition coefficient (Wildman–Crippen LogP) is 5.02. The van der Waals surface area contributed by atoms with Crippen LogP contribution in [0.2, 0.25) is 5.02 Å². The van der Waals surface area contributed by atoms with Crippen LogP contribution in [0.3, 0.4) is 0 Å². The average Bonchev–Trinajstić information content (AvgIpc) is 2.87. The number of anilines is 2. The van der Waals surface area contributed by atoms with Crippen molar-refractivity contribution in [3.8, 4) is 0 Å². The van der Waals surface area contributed by atoms with Crippen molar-refractivity contribution in [2.75, 3.05) is 23.1 Å². The fourth-order valence-electron chi connectivity index (χ4n) is 3.96. The van der Waals surface area contributed by atoms with E-state index < -0.39 is 31.8 Å². The Bertz CT molecular complexity index is 1560. The lowest BCUT2D eigenvalue weighted by Gasteiger charge is -2.26. The summed E-state index contributed by atoms with van der Waals surface area (Å²) < 4.78 is 69.3. The SMILES string of the molecule is Cc1cc(S(=O)(=O)Nc2ccccc2C(=O)Nc2cc(S(=O)(=O)N3CCCCC3)ccc2Cl)ccc1F. The minimum Gasteiger partial charge on any atom is -0.321 e. The van der Waals surface area contributed by atoms with E-state index in [1.807, 2.05) is 0 Å². The van der Waals surface area contributed by atoms with Gasteiger partial charge in [-0.25, -0.2) is 21.2 Å². The minimum absolute atomic E-state index is 0.00484. The normalized spacial score (nSPS) is 14.8. The molecule has 1 aliphatic rings. The van der Waals surface area contributed by atoms with Crippen molar-refractivity contribution in [1.82, 2.24) is 4.31 Å². The summed E-state index contributed by atoms with van der Waals surface area (Å²) in [6.07, 6.45) is 2.53. The number of aryl methyl sites for hydroxylation is 1. The van der Waals surface area contributed by atoms with E-state index in [-0.39, 0.29) is 37.3 Å². The molecule has 0 spiro atoms. The Labute approximate surface area is 220 Å². The van der Waals surface area contributed by atoms with Gasteiger partial charge in [-0.15, -0.1) is 0 Å². The van der Waals surface area contributed by atoms with Crippen LogP contribution in [0, 0.1) is 12.7 Å². The largest absolute Gasteiger partial charge is 0.321 e. The summed E-state index contributed by atoms with van der Waals surface area (Å²) in [6.45, 7) is 2.29. The number of carbonyl (C=O) groups is 1. The molecule has 12 heteroatoms. The van der Waals surface area contributed by atoms with Gasteiger partial charge in [-0.05, 0) is 73.9 Å². The van der Waals surface area contributed by atoms with Crippen molar-refractivity contribution in [2.24, 2.45) is 0 Å². The number of nitrogens with zero attached hydrogens (tertiary/aromatic N) is 1. The van der Waals surface area contributed by atoms with Gasteiger partial charge in [0.2, 0.25) is 10.0 Å². The minimum atomic E-state index is -4.14. The first-order chi connectivity index (χ1) is 17.5. The molecule has 0 bridgehead atoms. The van der Waals surface area contributed by atoms with Crippen LogP contribution in [0.5, 0.6) is 0 Å². The molecule has 1 aliphatic heterocycles. The van der Waals surface area contributed by atoms with Gasteiger partial charge in [0.1, 0.15) is 5.82 Å². The van der Waals surface area contributed by atoms with Crippen molar-refractivity contribution in [2.45, 2.75) is 36.0 Å². The standard InChI is InChI=1S/C25H25ClFN3O5S2/c1-17-15-18(10-12-22(17)27)36(32,33)29-23-8-4-3-7-20(23)25(31)28-24-16-19(9-11-21(24)26)37(34,35)30-13-5-2-6-14-30/h3-4,7-12,15-16,29H,2,5-6,13-14H2,1H3,(H,28,31). The van der Waals surface area contributed by atoms with Gasteiger partial charge < -0.3 is 5.32 Å². The highest BCUT2D eigenvalue weighted by Crippen LogP contribution is 2.30. The number of rotatable bonds is 7. The molecule has 4 rings (SSSR count). The first-order valence-corrected chi connectivity index (χ1v) is 14.8. The Morgan fingerprint density at radius 3 is 2.27 bits per heavy atom. The summed E-state index contributed by atoms with van der Waals surface area (Å²) >= 11 is 6.25. The predicted molar refractivity (Wildman–Crippen MR) is 140 cm³/mol. The van der Waals surface area contributed by atoms with Crippen LogP contribution >= 0.6 is 11.6 Å². The van der Waals surface area contributed by atoms with Gasteiger partial charge in [-0.3, -0.25) is 9.52 Å². The van der Waals surface area contributed by atoms with Gasteiger partial charge in [-0.1, -0.05) is 30.2 Å². The Morgan fingerprint density at radius 1 is 0.892 bits per heavy atom. The zero-order valence-corrected chi connectivity index (χ0v) is 22.3. The molecule has 0 unspecified atom stereocenters. The van der Waals surface area contributed by atoms with Crippen LogP contribution in [0.1, 0.15) is 35.2 Å². The molecule has 0 aromatic heterocycles. The number of carbonyl (C=O) groups excluding carboxylic acids is 1. The van der Waals surface area contributed by atoms with Crippen LogP contribution in [0.25, 0.3) is 0 Å². The van der Waals surface area contributed by atoms with Crippen molar-refractivity contribution < 1.29 is 26.0 Å². The molecule has 8 nitrogen and oxygen atoms in total. The molecule has 196 valence electrons. The van der Waals surface area contributed by atoms with Gasteiger partial charge in [0.05, 0.1) is 31.8 Å². The van der Waals surface area contributed by atoms with Crippen LogP contribution < -0.4 is 10.0 Å². The highest BCUT2D eigenvalue weighted by atomic mass is 35.5. The van der Waals surface area contributed by atoms with Gasteiger partial charge in [0.15, 0.2) is 0 Å². The second-order valence-corrected chi connectivity index (χ2v) is 12.7. The smallest absolute Gasteiger partial charge is 0.261 e. The second-order valence-electron chi connectivity index (χ2n) is 8.62. The van der Waals surface area contributed by atoms with Crippen LogP contribution in [-0.2, 0) is 20.0 Å². The van der Waals surface area contributed by atoms with E-state index >= 15 is 0 Å². The van der Waals surface area contributed by atoms with E-state index in [9.17, 15) is 26.0 Å². The lowest BCUT2D eigenvalue weighted by molar-refractivity contribution is 0.102. The number of halogens is 2. The Hall–Kier alpha value is -2.99. The molecule has 0 aliphatic carbocycles. The summed E-state index contributed by atoms with van der Waals surface area (Å²) in [5.74, 6) is -1.25. The molecular weight excluding hydrogens is 541 g/mol. The maximum atomic E-state index is 13.6. The zero-order chi connectivity index (χ0) is 26.8. The van der Waals surface area contributed by atoms with Crippen LogP contribution in [0.15, 0.2) is 70.5 Å². The second kappa shape index (κ2) is 10.8. The number of hydrogen-bond donors (Lipinski definition) is 2. The van der Waals surface area contributed by atoms with E-state index in [2.05, 4.69) is 10.0 Å². The molecule has 1 amide bonds. The summed E-state index contributed by atoms with van der Waals surface area (Å²) in [4.78, 5) is 13.0. The fourth-order valence-corrected chi connectivity index (χ4v) is 6.84. The molecule has 0 saturated carbocycles. The van der Waals surface area contributed by atoms with Crippen molar-refractivity contribution in [1.29, 1.82) is 0 Å².